The molecule has 1 fully saturated rings. The van der Waals surface area contributed by atoms with Crippen LogP contribution in [0, 0.1) is 17.2 Å². The van der Waals surface area contributed by atoms with Crippen LogP contribution < -0.4 is 5.32 Å². The monoisotopic (exact) mass is 280 g/mol. The molecule has 1 aliphatic rings. The zero-order chi connectivity index (χ0) is 15.0. The number of hydrogen-bond donors (Lipinski definition) is 1. The molecule has 0 aliphatic carbocycles. The van der Waals surface area contributed by atoms with Gasteiger partial charge < -0.3 is 10.2 Å². The molecule has 20 heavy (non-hydrogen) atoms. The van der Waals surface area contributed by atoms with Gasteiger partial charge in [-0.25, -0.2) is 0 Å². The molecule has 0 atom stereocenters. The van der Waals surface area contributed by atoms with E-state index in [0.717, 1.165) is 19.6 Å². The van der Waals surface area contributed by atoms with E-state index in [9.17, 15) is 4.79 Å². The van der Waals surface area contributed by atoms with E-state index in [1.165, 1.54) is 12.8 Å². The number of carbonyl (C=O) groups excluding carboxylic acids is 1. The maximum Gasteiger partial charge on any atom is 0.236 e. The average molecular weight is 280 g/mol. The number of nitrogens with zero attached hydrogens (tertiary/aromatic N) is 3. The molecule has 1 heterocycles. The summed E-state index contributed by atoms with van der Waals surface area (Å²) in [4.78, 5) is 16.1. The fourth-order valence-corrected chi connectivity index (χ4v) is 2.49. The van der Waals surface area contributed by atoms with Gasteiger partial charge in [0, 0.05) is 26.2 Å². The lowest BCUT2D eigenvalue weighted by Gasteiger charge is -2.33. The van der Waals surface area contributed by atoms with Crippen molar-refractivity contribution in [1.29, 1.82) is 5.26 Å². The van der Waals surface area contributed by atoms with E-state index in [1.807, 2.05) is 0 Å². The minimum atomic E-state index is 0.114. The summed E-state index contributed by atoms with van der Waals surface area (Å²) in [7, 11) is 1.78. The van der Waals surface area contributed by atoms with Crippen molar-refractivity contribution in [1.82, 2.24) is 15.1 Å². The van der Waals surface area contributed by atoms with Crippen LogP contribution in [0.1, 0.15) is 33.1 Å². The molecule has 0 aromatic carbocycles. The molecule has 0 bridgehead atoms. The van der Waals surface area contributed by atoms with Gasteiger partial charge in [0.25, 0.3) is 0 Å². The second-order valence-corrected chi connectivity index (χ2v) is 5.94. The Morgan fingerprint density at radius 3 is 2.60 bits per heavy atom. The van der Waals surface area contributed by atoms with Crippen molar-refractivity contribution in [3.8, 4) is 6.07 Å². The minimum absolute atomic E-state index is 0.114. The molecule has 0 spiro atoms. The third kappa shape index (κ3) is 5.89. The summed E-state index contributed by atoms with van der Waals surface area (Å²) >= 11 is 0. The normalized spacial score (nSPS) is 16.4. The van der Waals surface area contributed by atoms with Gasteiger partial charge in [0.15, 0.2) is 0 Å². The molecule has 5 heteroatoms. The topological polar surface area (TPSA) is 59.4 Å². The Morgan fingerprint density at radius 2 is 2.05 bits per heavy atom. The van der Waals surface area contributed by atoms with Crippen molar-refractivity contribution < 1.29 is 4.79 Å². The first-order valence-corrected chi connectivity index (χ1v) is 7.60. The first-order valence-electron chi connectivity index (χ1n) is 7.60. The van der Waals surface area contributed by atoms with Crippen LogP contribution in [0.4, 0.5) is 0 Å². The van der Waals surface area contributed by atoms with Crippen molar-refractivity contribution in [2.75, 3.05) is 39.8 Å². The van der Waals surface area contributed by atoms with E-state index in [0.29, 0.717) is 31.5 Å². The number of amides is 1. The third-order valence-corrected chi connectivity index (χ3v) is 4.00. The summed E-state index contributed by atoms with van der Waals surface area (Å²) in [5, 5.41) is 12.0. The standard InChI is InChI=1S/C15H28N4O/c1-13(2)19(11-14-5-8-17-9-6-14)12-15(20)18(3)10-4-7-16/h13-14,17H,4-6,8-12H2,1-3H3. The number of rotatable bonds is 7. The number of carbonyl (C=O) groups is 1. The molecule has 114 valence electrons. The molecule has 0 saturated carbocycles. The van der Waals surface area contributed by atoms with E-state index in [4.69, 9.17) is 5.26 Å². The van der Waals surface area contributed by atoms with Gasteiger partial charge in [0.2, 0.25) is 5.91 Å². The molecule has 0 aromatic rings. The molecule has 0 unspecified atom stereocenters. The van der Waals surface area contributed by atoms with Gasteiger partial charge in [-0.3, -0.25) is 9.69 Å². The van der Waals surface area contributed by atoms with Gasteiger partial charge >= 0.3 is 0 Å². The molecule has 0 aromatic heterocycles. The Morgan fingerprint density at radius 1 is 1.40 bits per heavy atom. The largest absolute Gasteiger partial charge is 0.344 e. The Hall–Kier alpha value is -1.12. The van der Waals surface area contributed by atoms with Crippen molar-refractivity contribution >= 4 is 5.91 Å². The Kier molecular flexibility index (Phi) is 7.56. The number of hydrogen-bond acceptors (Lipinski definition) is 4. The molecule has 1 saturated heterocycles. The fourth-order valence-electron chi connectivity index (χ4n) is 2.49. The number of nitriles is 1. The SMILES string of the molecule is CC(C)N(CC(=O)N(C)CCC#N)CC1CCNCC1. The smallest absolute Gasteiger partial charge is 0.236 e. The minimum Gasteiger partial charge on any atom is -0.344 e. The van der Waals surface area contributed by atoms with Gasteiger partial charge in [-0.1, -0.05) is 0 Å². The molecule has 1 rings (SSSR count). The Labute approximate surface area is 122 Å². The predicted molar refractivity (Wildman–Crippen MR) is 80.2 cm³/mol. The molecule has 1 N–H and O–H groups in total. The van der Waals surface area contributed by atoms with Crippen LogP contribution >= 0.6 is 0 Å². The lowest BCUT2D eigenvalue weighted by atomic mass is 9.97. The van der Waals surface area contributed by atoms with Gasteiger partial charge in [-0.05, 0) is 45.7 Å². The van der Waals surface area contributed by atoms with E-state index < -0.39 is 0 Å². The molecular weight excluding hydrogens is 252 g/mol. The van der Waals surface area contributed by atoms with Crippen LogP contribution in [0.15, 0.2) is 0 Å². The highest BCUT2D eigenvalue weighted by Crippen LogP contribution is 2.15. The van der Waals surface area contributed by atoms with E-state index in [-0.39, 0.29) is 5.91 Å². The lowest BCUT2D eigenvalue weighted by molar-refractivity contribution is -0.131. The molecule has 5 nitrogen and oxygen atoms in total. The first kappa shape index (κ1) is 16.9. The van der Waals surface area contributed by atoms with Crippen LogP contribution in [0.2, 0.25) is 0 Å². The van der Waals surface area contributed by atoms with E-state index in [2.05, 4.69) is 30.1 Å². The molecule has 0 radical (unpaired) electrons. The van der Waals surface area contributed by atoms with Crippen LogP contribution in [-0.2, 0) is 4.79 Å². The maximum atomic E-state index is 12.2. The van der Waals surface area contributed by atoms with Gasteiger partial charge in [0.1, 0.15) is 0 Å². The maximum absolute atomic E-state index is 12.2. The fraction of sp³-hybridized carbons (Fsp3) is 0.867. The second-order valence-electron chi connectivity index (χ2n) is 5.94. The van der Waals surface area contributed by atoms with E-state index in [1.54, 1.807) is 11.9 Å². The second kappa shape index (κ2) is 8.93. The van der Waals surface area contributed by atoms with Crippen LogP contribution in [0.25, 0.3) is 0 Å². The van der Waals surface area contributed by atoms with Gasteiger partial charge in [-0.15, -0.1) is 0 Å². The lowest BCUT2D eigenvalue weighted by Crippen LogP contribution is -2.45. The van der Waals surface area contributed by atoms with Gasteiger partial charge in [-0.2, -0.15) is 5.26 Å². The summed E-state index contributed by atoms with van der Waals surface area (Å²) in [6.45, 7) is 8.45. The highest BCUT2D eigenvalue weighted by molar-refractivity contribution is 5.78. The quantitative estimate of drug-likeness (QED) is 0.758. The number of likely N-dealkylation sites (N-methyl/N-ethyl adjacent to an activating group) is 1. The molecule has 1 amide bonds. The van der Waals surface area contributed by atoms with Crippen molar-refractivity contribution in [2.24, 2.45) is 5.92 Å². The zero-order valence-electron chi connectivity index (χ0n) is 13.1. The summed E-state index contributed by atoms with van der Waals surface area (Å²) < 4.78 is 0. The van der Waals surface area contributed by atoms with Crippen LogP contribution in [0.5, 0.6) is 0 Å². The number of piperidine rings is 1. The van der Waals surface area contributed by atoms with Crippen molar-refractivity contribution in [3.05, 3.63) is 0 Å². The summed E-state index contributed by atoms with van der Waals surface area (Å²) in [6, 6.07) is 2.45. The predicted octanol–water partition coefficient (Wildman–Crippen LogP) is 1.07. The van der Waals surface area contributed by atoms with Crippen LogP contribution in [0.3, 0.4) is 0 Å². The summed E-state index contributed by atoms with van der Waals surface area (Å²) in [6.07, 6.45) is 2.79. The highest BCUT2D eigenvalue weighted by atomic mass is 16.2. The number of nitrogens with one attached hydrogen (secondary N) is 1. The van der Waals surface area contributed by atoms with Crippen LogP contribution in [-0.4, -0.2) is 61.5 Å². The summed E-state index contributed by atoms with van der Waals surface area (Å²) in [5.41, 5.74) is 0. The third-order valence-electron chi connectivity index (χ3n) is 4.00. The molecular formula is C15H28N4O. The van der Waals surface area contributed by atoms with Crippen molar-refractivity contribution in [3.63, 3.8) is 0 Å². The van der Waals surface area contributed by atoms with Gasteiger partial charge in [0.05, 0.1) is 19.0 Å². The summed E-state index contributed by atoms with van der Waals surface area (Å²) in [5.74, 6) is 0.804. The van der Waals surface area contributed by atoms with Crippen molar-refractivity contribution in [2.45, 2.75) is 39.2 Å². The first-order chi connectivity index (χ1) is 9.54. The Balaban J connectivity index is 2.45. The Bertz CT molecular complexity index is 331. The average Bonchev–Trinajstić information content (AvgIpc) is 2.44. The highest BCUT2D eigenvalue weighted by Gasteiger charge is 2.21. The zero-order valence-corrected chi connectivity index (χ0v) is 13.1. The van der Waals surface area contributed by atoms with E-state index >= 15 is 0 Å². The molecule has 1 aliphatic heterocycles.